The number of pyridine rings is 1. The Balaban J connectivity index is 1.45. The number of ether oxygens (including phenoxy) is 1. The number of aromatic nitrogens is 3. The second-order valence-corrected chi connectivity index (χ2v) is 5.97. The summed E-state index contributed by atoms with van der Waals surface area (Å²) in [5.74, 6) is -0.145. The standard InChI is InChI=1S/C16H15F3N4O4/c17-16(18,19)10-1-2-13(20-7-10)27-11-8-23(9-11)14(25)4-6-22-5-3-12(24)21-15(22)26/h1-3,5,7,11H,4,6,8-9H2,(H,21,24,26). The quantitative estimate of drug-likeness (QED) is 0.816. The van der Waals surface area contributed by atoms with Crippen LogP contribution >= 0.6 is 0 Å². The van der Waals surface area contributed by atoms with Crippen LogP contribution in [0.25, 0.3) is 0 Å². The van der Waals surface area contributed by atoms with Crippen LogP contribution in [0.15, 0.2) is 40.2 Å². The molecule has 1 fully saturated rings. The van der Waals surface area contributed by atoms with E-state index < -0.39 is 23.0 Å². The van der Waals surface area contributed by atoms with Crippen LogP contribution in [-0.2, 0) is 17.5 Å². The predicted octanol–water partition coefficient (Wildman–Crippen LogP) is 0.630. The molecule has 0 spiro atoms. The highest BCUT2D eigenvalue weighted by molar-refractivity contribution is 5.77. The third-order valence-electron chi connectivity index (χ3n) is 4.02. The van der Waals surface area contributed by atoms with Gasteiger partial charge in [0.1, 0.15) is 6.10 Å². The van der Waals surface area contributed by atoms with Crippen molar-refractivity contribution in [1.29, 1.82) is 0 Å². The molecule has 1 aliphatic heterocycles. The maximum absolute atomic E-state index is 12.5. The molecular formula is C16H15F3N4O4. The number of nitrogens with zero attached hydrogens (tertiary/aromatic N) is 3. The molecule has 3 heterocycles. The van der Waals surface area contributed by atoms with E-state index in [0.29, 0.717) is 6.20 Å². The summed E-state index contributed by atoms with van der Waals surface area (Å²) in [6.45, 7) is 0.682. The van der Waals surface area contributed by atoms with E-state index in [9.17, 15) is 27.6 Å². The van der Waals surface area contributed by atoms with Crippen molar-refractivity contribution in [2.75, 3.05) is 13.1 Å². The van der Waals surface area contributed by atoms with Crippen molar-refractivity contribution in [1.82, 2.24) is 19.4 Å². The van der Waals surface area contributed by atoms with Gasteiger partial charge in [-0.2, -0.15) is 13.2 Å². The Hall–Kier alpha value is -3.11. The minimum Gasteiger partial charge on any atom is -0.471 e. The molecule has 0 aromatic carbocycles. The number of carbonyl (C=O) groups excluding carboxylic acids is 1. The third-order valence-corrected chi connectivity index (χ3v) is 4.02. The van der Waals surface area contributed by atoms with Crippen molar-refractivity contribution >= 4 is 5.91 Å². The zero-order valence-corrected chi connectivity index (χ0v) is 13.9. The van der Waals surface area contributed by atoms with Gasteiger partial charge in [0.25, 0.3) is 5.56 Å². The van der Waals surface area contributed by atoms with Crippen molar-refractivity contribution in [2.45, 2.75) is 25.2 Å². The molecule has 1 amide bonds. The van der Waals surface area contributed by atoms with Gasteiger partial charge in [0.05, 0.1) is 18.7 Å². The molecule has 1 saturated heterocycles. The molecule has 1 aliphatic rings. The zero-order valence-electron chi connectivity index (χ0n) is 13.9. The van der Waals surface area contributed by atoms with Gasteiger partial charge in [0.15, 0.2) is 0 Å². The summed E-state index contributed by atoms with van der Waals surface area (Å²) < 4.78 is 44.1. The monoisotopic (exact) mass is 384 g/mol. The second-order valence-electron chi connectivity index (χ2n) is 5.97. The van der Waals surface area contributed by atoms with Gasteiger partial charge in [-0.1, -0.05) is 0 Å². The largest absolute Gasteiger partial charge is 0.471 e. The van der Waals surface area contributed by atoms with Crippen LogP contribution in [0.5, 0.6) is 5.88 Å². The van der Waals surface area contributed by atoms with E-state index >= 15 is 0 Å². The summed E-state index contributed by atoms with van der Waals surface area (Å²) in [6, 6.07) is 3.21. The Morgan fingerprint density at radius 3 is 2.59 bits per heavy atom. The highest BCUT2D eigenvalue weighted by Gasteiger charge is 2.33. The number of nitrogens with one attached hydrogen (secondary N) is 1. The van der Waals surface area contributed by atoms with Crippen LogP contribution < -0.4 is 16.0 Å². The first-order valence-electron chi connectivity index (χ1n) is 8.00. The lowest BCUT2D eigenvalue weighted by Gasteiger charge is -2.38. The highest BCUT2D eigenvalue weighted by atomic mass is 19.4. The fourth-order valence-electron chi connectivity index (χ4n) is 2.50. The van der Waals surface area contributed by atoms with Gasteiger partial charge in [-0.25, -0.2) is 9.78 Å². The first-order valence-corrected chi connectivity index (χ1v) is 8.00. The molecule has 0 bridgehead atoms. The molecule has 11 heteroatoms. The van der Waals surface area contributed by atoms with Gasteiger partial charge in [-0.15, -0.1) is 0 Å². The molecule has 2 aromatic heterocycles. The first kappa shape index (κ1) is 18.7. The van der Waals surface area contributed by atoms with Crippen LogP contribution in [0.3, 0.4) is 0 Å². The maximum Gasteiger partial charge on any atom is 0.417 e. The van der Waals surface area contributed by atoms with Gasteiger partial charge in [0, 0.05) is 37.5 Å². The van der Waals surface area contributed by atoms with E-state index in [1.165, 1.54) is 21.7 Å². The van der Waals surface area contributed by atoms with Crippen molar-refractivity contribution in [3.05, 3.63) is 57.0 Å². The second kappa shape index (κ2) is 7.25. The molecule has 0 unspecified atom stereocenters. The van der Waals surface area contributed by atoms with Crippen molar-refractivity contribution < 1.29 is 22.7 Å². The van der Waals surface area contributed by atoms with Crippen LogP contribution in [-0.4, -0.2) is 44.5 Å². The Labute approximate surface area is 150 Å². The number of amides is 1. The Morgan fingerprint density at radius 2 is 2.00 bits per heavy atom. The van der Waals surface area contributed by atoms with E-state index in [-0.39, 0.29) is 43.9 Å². The Bertz CT molecular complexity index is 930. The number of rotatable bonds is 5. The van der Waals surface area contributed by atoms with Gasteiger partial charge in [-0.05, 0) is 6.07 Å². The predicted molar refractivity (Wildman–Crippen MR) is 86.2 cm³/mol. The highest BCUT2D eigenvalue weighted by Crippen LogP contribution is 2.29. The number of hydrogen-bond acceptors (Lipinski definition) is 5. The average Bonchev–Trinajstić information content (AvgIpc) is 2.56. The summed E-state index contributed by atoms with van der Waals surface area (Å²) in [5, 5.41) is 0. The third kappa shape index (κ3) is 4.54. The average molecular weight is 384 g/mol. The van der Waals surface area contributed by atoms with E-state index in [1.54, 1.807) is 0 Å². The SMILES string of the molecule is O=C(CCn1ccc(=O)[nH]c1=O)N1CC(Oc2ccc(C(F)(F)F)cn2)C1. The number of halogens is 3. The smallest absolute Gasteiger partial charge is 0.417 e. The fourth-order valence-corrected chi connectivity index (χ4v) is 2.50. The van der Waals surface area contributed by atoms with Gasteiger partial charge in [0.2, 0.25) is 11.8 Å². The number of carbonyl (C=O) groups is 1. The molecule has 8 nitrogen and oxygen atoms in total. The number of alkyl halides is 3. The minimum atomic E-state index is -4.46. The Kier molecular flexibility index (Phi) is 5.02. The molecule has 0 saturated carbocycles. The molecule has 144 valence electrons. The summed E-state index contributed by atoms with van der Waals surface area (Å²) in [6.07, 6.45) is -2.74. The molecular weight excluding hydrogens is 369 g/mol. The molecule has 1 N–H and O–H groups in total. The Morgan fingerprint density at radius 1 is 1.26 bits per heavy atom. The number of likely N-dealkylation sites (tertiary alicyclic amines) is 1. The number of aromatic amines is 1. The van der Waals surface area contributed by atoms with Crippen LogP contribution in [0, 0.1) is 0 Å². The topological polar surface area (TPSA) is 97.3 Å². The van der Waals surface area contributed by atoms with E-state index in [2.05, 4.69) is 9.97 Å². The van der Waals surface area contributed by atoms with Crippen molar-refractivity contribution in [3.63, 3.8) is 0 Å². The van der Waals surface area contributed by atoms with Crippen molar-refractivity contribution in [3.8, 4) is 5.88 Å². The van der Waals surface area contributed by atoms with E-state index in [0.717, 1.165) is 12.1 Å². The van der Waals surface area contributed by atoms with Gasteiger partial charge >= 0.3 is 11.9 Å². The molecule has 0 radical (unpaired) electrons. The van der Waals surface area contributed by atoms with Gasteiger partial charge in [-0.3, -0.25) is 14.6 Å². The summed E-state index contributed by atoms with van der Waals surface area (Å²) >= 11 is 0. The molecule has 27 heavy (non-hydrogen) atoms. The van der Waals surface area contributed by atoms with Crippen LogP contribution in [0.1, 0.15) is 12.0 Å². The number of H-pyrrole nitrogens is 1. The van der Waals surface area contributed by atoms with Gasteiger partial charge < -0.3 is 14.2 Å². The summed E-state index contributed by atoms with van der Waals surface area (Å²) in [7, 11) is 0. The lowest BCUT2D eigenvalue weighted by molar-refractivity contribution is -0.141. The zero-order chi connectivity index (χ0) is 19.6. The lowest BCUT2D eigenvalue weighted by atomic mass is 10.1. The molecule has 0 atom stereocenters. The number of aryl methyl sites for hydroxylation is 1. The molecule has 0 aliphatic carbocycles. The summed E-state index contributed by atoms with van der Waals surface area (Å²) in [4.78, 5) is 41.8. The molecule has 3 rings (SSSR count). The van der Waals surface area contributed by atoms with Crippen LogP contribution in [0.4, 0.5) is 13.2 Å². The summed E-state index contributed by atoms with van der Waals surface area (Å²) in [5.41, 5.74) is -1.96. The molecule has 2 aromatic rings. The first-order chi connectivity index (χ1) is 12.7. The van der Waals surface area contributed by atoms with E-state index in [4.69, 9.17) is 4.74 Å². The van der Waals surface area contributed by atoms with E-state index in [1.807, 2.05) is 0 Å². The van der Waals surface area contributed by atoms with Crippen LogP contribution in [0.2, 0.25) is 0 Å². The maximum atomic E-state index is 12.5. The lowest BCUT2D eigenvalue weighted by Crippen LogP contribution is -2.56. The van der Waals surface area contributed by atoms with Crippen molar-refractivity contribution in [2.24, 2.45) is 0 Å². The number of hydrogen-bond donors (Lipinski definition) is 1. The minimum absolute atomic E-state index is 0.0555. The normalized spacial score (nSPS) is 14.7. The fraction of sp³-hybridized carbons (Fsp3) is 0.375.